The third-order valence-corrected chi connectivity index (χ3v) is 4.42. The molecule has 0 aliphatic carbocycles. The van der Waals surface area contributed by atoms with Crippen LogP contribution >= 0.6 is 0 Å². The number of benzene rings is 1. The summed E-state index contributed by atoms with van der Waals surface area (Å²) in [5.74, 6) is -0.118. The molecule has 3 rings (SSSR count). The Morgan fingerprint density at radius 1 is 1.32 bits per heavy atom. The Kier molecular flexibility index (Phi) is 3.50. The van der Waals surface area contributed by atoms with Crippen molar-refractivity contribution in [3.63, 3.8) is 0 Å². The summed E-state index contributed by atoms with van der Waals surface area (Å²) in [5, 5.41) is 0. The lowest BCUT2D eigenvalue weighted by Gasteiger charge is -2.40. The molecule has 0 radical (unpaired) electrons. The molecule has 1 aromatic carbocycles. The number of hydrogen-bond donors (Lipinski definition) is 0. The van der Waals surface area contributed by atoms with E-state index in [4.69, 9.17) is 4.74 Å². The topological polar surface area (TPSA) is 46.6 Å². The molecule has 0 N–H and O–H groups in total. The molecule has 2 aliphatic rings. The minimum Gasteiger partial charge on any atom is -0.449 e. The average Bonchev–Trinajstić information content (AvgIpc) is 2.70. The Morgan fingerprint density at radius 2 is 2.05 bits per heavy atom. The fourth-order valence-electron chi connectivity index (χ4n) is 3.45. The summed E-state index contributed by atoms with van der Waals surface area (Å²) in [4.78, 5) is 26.5. The molecule has 2 aliphatic heterocycles. The van der Waals surface area contributed by atoms with Crippen LogP contribution < -0.4 is 0 Å². The third-order valence-electron chi connectivity index (χ3n) is 4.42. The van der Waals surface area contributed by atoms with Gasteiger partial charge in [-0.05, 0) is 24.3 Å². The summed E-state index contributed by atoms with van der Waals surface area (Å²) in [5.41, 5.74) is 0.909. The Morgan fingerprint density at radius 3 is 2.77 bits per heavy atom. The van der Waals surface area contributed by atoms with Gasteiger partial charge in [-0.1, -0.05) is 39.0 Å². The highest BCUT2D eigenvalue weighted by molar-refractivity contribution is 5.95. The minimum absolute atomic E-state index is 0.0358. The molecule has 4 nitrogen and oxygen atoms in total. The zero-order valence-electron chi connectivity index (χ0n) is 13.5. The van der Waals surface area contributed by atoms with Crippen LogP contribution in [0.4, 0.5) is 0 Å². The molecule has 0 saturated carbocycles. The lowest BCUT2D eigenvalue weighted by molar-refractivity contribution is -0.140. The van der Waals surface area contributed by atoms with Crippen LogP contribution in [0.15, 0.2) is 24.3 Å². The van der Waals surface area contributed by atoms with Gasteiger partial charge in [-0.15, -0.1) is 0 Å². The second-order valence-electron chi connectivity index (χ2n) is 7.59. The monoisotopic (exact) mass is 301 g/mol. The van der Waals surface area contributed by atoms with Crippen molar-refractivity contribution >= 4 is 11.9 Å². The van der Waals surface area contributed by atoms with E-state index in [9.17, 15) is 9.59 Å². The van der Waals surface area contributed by atoms with Gasteiger partial charge >= 0.3 is 5.97 Å². The van der Waals surface area contributed by atoms with Gasteiger partial charge < -0.3 is 9.64 Å². The summed E-state index contributed by atoms with van der Waals surface area (Å²) >= 11 is 0. The van der Waals surface area contributed by atoms with Crippen LogP contribution in [-0.4, -0.2) is 29.9 Å². The first kappa shape index (κ1) is 15.1. The van der Waals surface area contributed by atoms with Crippen molar-refractivity contribution < 1.29 is 14.3 Å². The largest absolute Gasteiger partial charge is 0.449 e. The van der Waals surface area contributed by atoms with E-state index in [-0.39, 0.29) is 17.3 Å². The number of nitrogens with zero attached hydrogens (tertiary/aromatic N) is 1. The maximum Gasteiger partial charge on any atom is 0.339 e. The number of esters is 1. The molecule has 0 bridgehead atoms. The Labute approximate surface area is 131 Å². The number of fused-ring (bicyclic) bond motifs is 2. The van der Waals surface area contributed by atoms with Crippen molar-refractivity contribution in [2.24, 2.45) is 5.41 Å². The van der Waals surface area contributed by atoms with Gasteiger partial charge in [0.25, 0.3) is 0 Å². The molecule has 1 fully saturated rings. The molecule has 2 heterocycles. The van der Waals surface area contributed by atoms with E-state index in [1.807, 2.05) is 29.2 Å². The van der Waals surface area contributed by atoms with Gasteiger partial charge in [0.2, 0.25) is 5.91 Å². The van der Waals surface area contributed by atoms with E-state index in [0.29, 0.717) is 18.5 Å². The van der Waals surface area contributed by atoms with Crippen molar-refractivity contribution in [2.75, 3.05) is 13.1 Å². The van der Waals surface area contributed by atoms with Crippen LogP contribution in [0.1, 0.15) is 56.0 Å². The van der Waals surface area contributed by atoms with Crippen molar-refractivity contribution in [2.45, 2.75) is 45.6 Å². The summed E-state index contributed by atoms with van der Waals surface area (Å²) in [7, 11) is 0. The molecule has 4 heteroatoms. The average molecular weight is 301 g/mol. The normalized spacial score (nSPS) is 24.3. The summed E-state index contributed by atoms with van der Waals surface area (Å²) in [6.45, 7) is 7.42. The summed E-state index contributed by atoms with van der Waals surface area (Å²) < 4.78 is 5.74. The van der Waals surface area contributed by atoms with Crippen LogP contribution in [-0.2, 0) is 15.1 Å². The van der Waals surface area contributed by atoms with Crippen molar-refractivity contribution in [3.05, 3.63) is 35.4 Å². The predicted molar refractivity (Wildman–Crippen MR) is 83.4 cm³/mol. The van der Waals surface area contributed by atoms with Crippen LogP contribution in [0.25, 0.3) is 0 Å². The summed E-state index contributed by atoms with van der Waals surface area (Å²) in [6.07, 6.45) is 2.16. The number of carbonyl (C=O) groups is 2. The van der Waals surface area contributed by atoms with Gasteiger partial charge in [-0.3, -0.25) is 4.79 Å². The number of ether oxygens (including phenoxy) is 1. The summed E-state index contributed by atoms with van der Waals surface area (Å²) in [6, 6.07) is 7.54. The molecular weight excluding hydrogens is 278 g/mol. The Balaban J connectivity index is 1.85. The highest BCUT2D eigenvalue weighted by atomic mass is 16.6. The molecule has 1 unspecified atom stereocenters. The van der Waals surface area contributed by atoms with Crippen molar-refractivity contribution in [3.8, 4) is 0 Å². The lowest BCUT2D eigenvalue weighted by Crippen LogP contribution is -2.49. The second kappa shape index (κ2) is 5.11. The molecule has 1 aromatic rings. The molecule has 1 atom stereocenters. The van der Waals surface area contributed by atoms with Crippen LogP contribution in [0.5, 0.6) is 0 Å². The fourth-order valence-corrected chi connectivity index (χ4v) is 3.45. The lowest BCUT2D eigenvalue weighted by atomic mass is 9.84. The molecule has 22 heavy (non-hydrogen) atoms. The minimum atomic E-state index is -0.639. The molecule has 0 aromatic heterocycles. The zero-order chi connectivity index (χ0) is 16.0. The van der Waals surface area contributed by atoms with E-state index < -0.39 is 5.60 Å². The standard InChI is InChI=1S/C18H23NO3/c1-17(2,3)11-15(20)19-10-6-9-18(12-19)14-8-5-4-7-13(14)16(21)22-18/h4-5,7-8H,6,9-12H2,1-3H3. The predicted octanol–water partition coefficient (Wildman–Crippen LogP) is 3.11. The third kappa shape index (κ3) is 2.62. The highest BCUT2D eigenvalue weighted by Gasteiger charge is 2.48. The highest BCUT2D eigenvalue weighted by Crippen LogP contribution is 2.43. The Bertz CT molecular complexity index is 617. The fraction of sp³-hybridized carbons (Fsp3) is 0.556. The molecule has 1 saturated heterocycles. The molecule has 1 amide bonds. The van der Waals surface area contributed by atoms with Gasteiger partial charge in [-0.2, -0.15) is 0 Å². The second-order valence-corrected chi connectivity index (χ2v) is 7.59. The number of carbonyl (C=O) groups excluding carboxylic acids is 2. The number of amides is 1. The SMILES string of the molecule is CC(C)(C)CC(=O)N1CCCC2(C1)OC(=O)c1ccccc12. The molecular formula is C18H23NO3. The maximum absolute atomic E-state index is 12.5. The van der Waals surface area contributed by atoms with Crippen LogP contribution in [0.2, 0.25) is 0 Å². The van der Waals surface area contributed by atoms with E-state index in [1.165, 1.54) is 0 Å². The quantitative estimate of drug-likeness (QED) is 0.749. The zero-order valence-corrected chi connectivity index (χ0v) is 13.5. The number of piperidine rings is 1. The van der Waals surface area contributed by atoms with Crippen molar-refractivity contribution in [1.82, 2.24) is 4.90 Å². The van der Waals surface area contributed by atoms with Gasteiger partial charge in [0.1, 0.15) is 0 Å². The van der Waals surface area contributed by atoms with Crippen molar-refractivity contribution in [1.29, 1.82) is 0 Å². The van der Waals surface area contributed by atoms with Crippen LogP contribution in [0.3, 0.4) is 0 Å². The van der Waals surface area contributed by atoms with Gasteiger partial charge in [-0.25, -0.2) is 4.79 Å². The van der Waals surface area contributed by atoms with Gasteiger partial charge in [0.15, 0.2) is 5.60 Å². The number of likely N-dealkylation sites (tertiary alicyclic amines) is 1. The van der Waals surface area contributed by atoms with E-state index in [2.05, 4.69) is 20.8 Å². The first-order valence-corrected chi connectivity index (χ1v) is 7.91. The first-order valence-electron chi connectivity index (χ1n) is 7.91. The smallest absolute Gasteiger partial charge is 0.339 e. The van der Waals surface area contributed by atoms with E-state index in [0.717, 1.165) is 24.9 Å². The van der Waals surface area contributed by atoms with Gasteiger partial charge in [0.05, 0.1) is 12.1 Å². The molecule has 118 valence electrons. The van der Waals surface area contributed by atoms with E-state index >= 15 is 0 Å². The van der Waals surface area contributed by atoms with E-state index in [1.54, 1.807) is 0 Å². The first-order chi connectivity index (χ1) is 10.3. The number of rotatable bonds is 1. The van der Waals surface area contributed by atoms with Crippen LogP contribution in [0, 0.1) is 5.41 Å². The Hall–Kier alpha value is -1.84. The molecule has 1 spiro atoms. The maximum atomic E-state index is 12.5. The van der Waals surface area contributed by atoms with Gasteiger partial charge in [0, 0.05) is 18.5 Å². The number of hydrogen-bond acceptors (Lipinski definition) is 3.